The molecule has 142 valence electrons. The number of aryl methyl sites for hydroxylation is 1. The van der Waals surface area contributed by atoms with Crippen LogP contribution in [0.4, 0.5) is 0 Å². The van der Waals surface area contributed by atoms with Crippen LogP contribution < -0.4 is 9.30 Å². The summed E-state index contributed by atoms with van der Waals surface area (Å²) in [5, 5.41) is 3.67. The summed E-state index contributed by atoms with van der Waals surface area (Å²) in [6.07, 6.45) is 0. The Balaban J connectivity index is 1.42. The first-order chi connectivity index (χ1) is 14.3. The zero-order valence-electron chi connectivity index (χ0n) is 16.3. The maximum absolute atomic E-state index is 6.20. The van der Waals surface area contributed by atoms with Gasteiger partial charge >= 0.3 is 0 Å². The van der Waals surface area contributed by atoms with Crippen LogP contribution in [0.2, 0.25) is 0 Å². The van der Waals surface area contributed by atoms with Crippen molar-refractivity contribution in [3.8, 4) is 16.9 Å². The van der Waals surface area contributed by atoms with Crippen LogP contribution in [0.1, 0.15) is 5.01 Å². The van der Waals surface area contributed by atoms with E-state index in [1.165, 1.54) is 37.1 Å². The summed E-state index contributed by atoms with van der Waals surface area (Å²) in [6.45, 7) is 3.65. The predicted octanol–water partition coefficient (Wildman–Crippen LogP) is 6.40. The van der Waals surface area contributed by atoms with Crippen molar-refractivity contribution in [3.63, 3.8) is 0 Å². The fourth-order valence-electron chi connectivity index (χ4n) is 3.85. The van der Waals surface area contributed by atoms with Crippen LogP contribution in [0.3, 0.4) is 0 Å². The second-order valence-corrected chi connectivity index (χ2v) is 8.38. The van der Waals surface area contributed by atoms with Gasteiger partial charge in [-0.3, -0.25) is 0 Å². The van der Waals surface area contributed by atoms with Crippen molar-refractivity contribution in [1.82, 2.24) is 0 Å². The van der Waals surface area contributed by atoms with Crippen LogP contribution in [-0.2, 0) is 6.54 Å². The van der Waals surface area contributed by atoms with Crippen LogP contribution in [-0.4, -0.2) is 6.61 Å². The van der Waals surface area contributed by atoms with Crippen LogP contribution in [0.25, 0.3) is 32.1 Å². The molecule has 5 aromatic rings. The first-order valence-corrected chi connectivity index (χ1v) is 10.7. The van der Waals surface area contributed by atoms with Crippen LogP contribution >= 0.6 is 11.3 Å². The molecule has 0 atom stereocenters. The van der Waals surface area contributed by atoms with Crippen molar-refractivity contribution < 1.29 is 9.30 Å². The van der Waals surface area contributed by atoms with Gasteiger partial charge in [-0.05, 0) is 28.6 Å². The number of ether oxygens (including phenoxy) is 1. The molecule has 0 radical (unpaired) electrons. The third-order valence-corrected chi connectivity index (χ3v) is 6.40. The van der Waals surface area contributed by atoms with Crippen molar-refractivity contribution in [2.45, 2.75) is 13.5 Å². The van der Waals surface area contributed by atoms with E-state index in [9.17, 15) is 0 Å². The highest BCUT2D eigenvalue weighted by atomic mass is 32.1. The average Bonchev–Trinajstić information content (AvgIpc) is 3.09. The smallest absolute Gasteiger partial charge is 0.235 e. The van der Waals surface area contributed by atoms with Gasteiger partial charge in [-0.25, -0.2) is 0 Å². The molecule has 1 aromatic heterocycles. The number of aromatic nitrogens is 1. The molecular formula is C26H22NOS+. The Morgan fingerprint density at radius 3 is 2.48 bits per heavy atom. The summed E-state index contributed by atoms with van der Waals surface area (Å²) in [5.41, 5.74) is 3.77. The molecule has 0 bridgehead atoms. The highest BCUT2D eigenvalue weighted by Crippen LogP contribution is 2.27. The Labute approximate surface area is 174 Å². The summed E-state index contributed by atoms with van der Waals surface area (Å²) < 4.78 is 9.88. The van der Waals surface area contributed by atoms with E-state index in [2.05, 4.69) is 102 Å². The van der Waals surface area contributed by atoms with E-state index in [1.54, 1.807) is 0 Å². The van der Waals surface area contributed by atoms with Gasteiger partial charge in [0, 0.05) is 18.4 Å². The molecule has 0 unspecified atom stereocenters. The van der Waals surface area contributed by atoms with E-state index in [-0.39, 0.29) is 0 Å². The van der Waals surface area contributed by atoms with Crippen LogP contribution in [0, 0.1) is 6.92 Å². The lowest BCUT2D eigenvalue weighted by Crippen LogP contribution is -2.37. The highest BCUT2D eigenvalue weighted by molar-refractivity contribution is 7.18. The lowest BCUT2D eigenvalue weighted by atomic mass is 10.1. The molecule has 2 nitrogen and oxygen atoms in total. The summed E-state index contributed by atoms with van der Waals surface area (Å²) in [7, 11) is 0. The van der Waals surface area contributed by atoms with Gasteiger partial charge in [0.25, 0.3) is 0 Å². The largest absolute Gasteiger partial charge is 0.486 e. The van der Waals surface area contributed by atoms with Crippen molar-refractivity contribution in [2.24, 2.45) is 0 Å². The molecule has 0 N–H and O–H groups in total. The molecule has 0 aliphatic rings. The Morgan fingerprint density at radius 2 is 1.59 bits per heavy atom. The number of nitrogens with zero attached hydrogens (tertiary/aromatic N) is 1. The van der Waals surface area contributed by atoms with Gasteiger partial charge in [-0.1, -0.05) is 84.1 Å². The first-order valence-electron chi connectivity index (χ1n) is 9.88. The summed E-state index contributed by atoms with van der Waals surface area (Å²) in [5.74, 6) is 0.950. The van der Waals surface area contributed by atoms with Gasteiger partial charge in [0.15, 0.2) is 6.54 Å². The Bertz CT molecular complexity index is 1290. The Hall–Kier alpha value is -3.17. The molecule has 0 saturated heterocycles. The molecule has 0 saturated carbocycles. The molecule has 1 heterocycles. The van der Waals surface area contributed by atoms with Gasteiger partial charge in [-0.15, -0.1) is 0 Å². The van der Waals surface area contributed by atoms with Gasteiger partial charge in [-0.2, -0.15) is 4.57 Å². The molecule has 0 aliphatic carbocycles. The summed E-state index contributed by atoms with van der Waals surface area (Å²) >= 11 is 1.84. The van der Waals surface area contributed by atoms with E-state index in [4.69, 9.17) is 4.74 Å². The Kier molecular flexibility index (Phi) is 4.74. The first kappa shape index (κ1) is 17.9. The van der Waals surface area contributed by atoms with Crippen molar-refractivity contribution in [3.05, 3.63) is 96.0 Å². The number of hydrogen-bond acceptors (Lipinski definition) is 2. The molecule has 0 spiro atoms. The Morgan fingerprint density at radius 1 is 0.793 bits per heavy atom. The predicted molar refractivity (Wildman–Crippen MR) is 122 cm³/mol. The molecule has 3 heteroatoms. The molecule has 5 rings (SSSR count). The maximum Gasteiger partial charge on any atom is 0.235 e. The standard InChI is InChI=1S/C26H22NOS/c1-19-27(16-17-28-25-13-7-11-21-10-5-6-12-23(21)25)24-18-22(14-15-26(24)29-19)20-8-3-2-4-9-20/h2-15,18H,16-17H2,1H3/q+1. The normalized spacial score (nSPS) is 11.2. The third-order valence-electron chi connectivity index (χ3n) is 5.32. The highest BCUT2D eigenvalue weighted by Gasteiger charge is 2.18. The minimum atomic E-state index is 0.640. The van der Waals surface area contributed by atoms with Gasteiger partial charge < -0.3 is 4.74 Å². The zero-order chi connectivity index (χ0) is 19.6. The second-order valence-electron chi connectivity index (χ2n) is 7.15. The molecular weight excluding hydrogens is 374 g/mol. The van der Waals surface area contributed by atoms with Crippen molar-refractivity contribution >= 4 is 32.3 Å². The SMILES string of the molecule is Cc1sc2ccc(-c3ccccc3)cc2[n+]1CCOc1cccc2ccccc12. The quantitative estimate of drug-likeness (QED) is 0.313. The van der Waals surface area contributed by atoms with Crippen molar-refractivity contribution in [2.75, 3.05) is 6.61 Å². The van der Waals surface area contributed by atoms with E-state index >= 15 is 0 Å². The third kappa shape index (κ3) is 3.50. The van der Waals surface area contributed by atoms with E-state index in [0.717, 1.165) is 12.3 Å². The molecule has 0 aliphatic heterocycles. The molecule has 0 amide bonds. The topological polar surface area (TPSA) is 13.1 Å². The minimum Gasteiger partial charge on any atom is -0.486 e. The second kappa shape index (κ2) is 7.69. The number of fused-ring (bicyclic) bond motifs is 2. The fraction of sp³-hybridized carbons (Fsp3) is 0.115. The lowest BCUT2D eigenvalue weighted by molar-refractivity contribution is -0.673. The number of hydrogen-bond donors (Lipinski definition) is 0. The van der Waals surface area contributed by atoms with E-state index in [1.807, 2.05) is 11.3 Å². The number of rotatable bonds is 5. The lowest BCUT2D eigenvalue weighted by Gasteiger charge is -2.08. The van der Waals surface area contributed by atoms with E-state index in [0.29, 0.717) is 6.61 Å². The van der Waals surface area contributed by atoms with E-state index < -0.39 is 0 Å². The summed E-state index contributed by atoms with van der Waals surface area (Å²) in [6, 6.07) is 31.9. The van der Waals surface area contributed by atoms with Crippen molar-refractivity contribution in [1.29, 1.82) is 0 Å². The van der Waals surface area contributed by atoms with Crippen LogP contribution in [0.15, 0.2) is 91.0 Å². The summed E-state index contributed by atoms with van der Waals surface area (Å²) in [4.78, 5) is 0. The van der Waals surface area contributed by atoms with Gasteiger partial charge in [0.05, 0.1) is 0 Å². The maximum atomic E-state index is 6.20. The molecule has 0 fully saturated rings. The van der Waals surface area contributed by atoms with Crippen LogP contribution in [0.5, 0.6) is 5.75 Å². The number of thiazole rings is 1. The molecule has 29 heavy (non-hydrogen) atoms. The van der Waals surface area contributed by atoms with Gasteiger partial charge in [0.1, 0.15) is 17.1 Å². The van der Waals surface area contributed by atoms with Gasteiger partial charge in [0.2, 0.25) is 10.5 Å². The average molecular weight is 397 g/mol. The fourth-order valence-corrected chi connectivity index (χ4v) is 4.88. The zero-order valence-corrected chi connectivity index (χ0v) is 17.2. The minimum absolute atomic E-state index is 0.640. The molecule has 4 aromatic carbocycles. The number of benzene rings is 4. The monoisotopic (exact) mass is 396 g/mol.